The van der Waals surface area contributed by atoms with Crippen molar-refractivity contribution in [1.82, 2.24) is 4.90 Å². The van der Waals surface area contributed by atoms with Gasteiger partial charge in [0.1, 0.15) is 6.42 Å². The van der Waals surface area contributed by atoms with Crippen LogP contribution in [0.4, 0.5) is 18.9 Å². The van der Waals surface area contributed by atoms with Crippen LogP contribution in [0.15, 0.2) is 18.2 Å². The number of halogens is 4. The Balaban J connectivity index is 2.03. The molecule has 0 aliphatic carbocycles. The molecular weight excluding hydrogens is 321 g/mol. The van der Waals surface area contributed by atoms with Crippen molar-refractivity contribution < 1.29 is 22.8 Å². The Morgan fingerprint density at radius 2 is 1.86 bits per heavy atom. The number of rotatable bonds is 3. The molecule has 0 unspecified atom stereocenters. The van der Waals surface area contributed by atoms with Crippen LogP contribution in [0.25, 0.3) is 0 Å². The van der Waals surface area contributed by atoms with E-state index in [9.17, 15) is 22.8 Å². The van der Waals surface area contributed by atoms with Crippen LogP contribution in [0.5, 0.6) is 0 Å². The summed E-state index contributed by atoms with van der Waals surface area (Å²) in [5.41, 5.74) is -1.08. The van der Waals surface area contributed by atoms with Crippen molar-refractivity contribution >= 4 is 29.1 Å². The molecule has 1 N–H and O–H groups in total. The Labute approximate surface area is 130 Å². The molecule has 22 heavy (non-hydrogen) atoms. The average Bonchev–Trinajstić information content (AvgIpc) is 2.94. The van der Waals surface area contributed by atoms with Crippen molar-refractivity contribution in [2.75, 3.05) is 18.4 Å². The van der Waals surface area contributed by atoms with Crippen LogP contribution < -0.4 is 5.32 Å². The largest absolute Gasteiger partial charge is 0.416 e. The molecule has 1 aliphatic rings. The minimum atomic E-state index is -4.53. The topological polar surface area (TPSA) is 49.4 Å². The maximum Gasteiger partial charge on any atom is 0.416 e. The third-order valence-corrected chi connectivity index (χ3v) is 3.67. The van der Waals surface area contributed by atoms with E-state index in [-0.39, 0.29) is 16.6 Å². The van der Waals surface area contributed by atoms with Crippen LogP contribution in [0.3, 0.4) is 0 Å². The van der Waals surface area contributed by atoms with Gasteiger partial charge in [0.05, 0.1) is 16.3 Å². The summed E-state index contributed by atoms with van der Waals surface area (Å²) < 4.78 is 37.9. The molecule has 1 heterocycles. The predicted octanol–water partition coefficient (Wildman–Crippen LogP) is 3.31. The second-order valence-corrected chi connectivity index (χ2v) is 5.41. The molecule has 0 aromatic heterocycles. The Morgan fingerprint density at radius 1 is 1.23 bits per heavy atom. The summed E-state index contributed by atoms with van der Waals surface area (Å²) in [6.07, 6.45) is -3.15. The summed E-state index contributed by atoms with van der Waals surface area (Å²) in [5.74, 6) is -1.02. The molecule has 2 rings (SSSR count). The van der Waals surface area contributed by atoms with Crippen molar-refractivity contribution in [2.24, 2.45) is 0 Å². The van der Waals surface area contributed by atoms with Crippen LogP contribution in [0.2, 0.25) is 5.02 Å². The molecule has 0 bridgehead atoms. The molecule has 1 saturated heterocycles. The second-order valence-electron chi connectivity index (χ2n) is 5.01. The molecule has 120 valence electrons. The number of carbonyl (C=O) groups excluding carboxylic acids is 2. The summed E-state index contributed by atoms with van der Waals surface area (Å²) in [7, 11) is 0. The minimum absolute atomic E-state index is 0.0185. The molecule has 4 nitrogen and oxygen atoms in total. The number of alkyl halides is 3. The lowest BCUT2D eigenvalue weighted by atomic mass is 10.2. The number of hydrogen-bond acceptors (Lipinski definition) is 2. The van der Waals surface area contributed by atoms with E-state index >= 15 is 0 Å². The third-order valence-electron chi connectivity index (χ3n) is 3.34. The van der Waals surface area contributed by atoms with Crippen LogP contribution in [-0.4, -0.2) is 29.8 Å². The lowest BCUT2D eigenvalue weighted by Crippen LogP contribution is -2.31. The standard InChI is InChI=1S/C14H14ClF3N2O2/c15-10-4-3-9(14(16,17)18)7-11(10)19-12(21)8-13(22)20-5-1-2-6-20/h3-4,7H,1-2,5-6,8H2,(H,19,21). The highest BCUT2D eigenvalue weighted by Crippen LogP contribution is 2.33. The fourth-order valence-corrected chi connectivity index (χ4v) is 2.37. The fourth-order valence-electron chi connectivity index (χ4n) is 2.21. The van der Waals surface area contributed by atoms with Crippen molar-refractivity contribution in [2.45, 2.75) is 25.4 Å². The molecule has 1 aliphatic heterocycles. The average molecular weight is 335 g/mol. The number of carbonyl (C=O) groups is 2. The zero-order chi connectivity index (χ0) is 16.3. The fraction of sp³-hybridized carbons (Fsp3) is 0.429. The smallest absolute Gasteiger partial charge is 0.342 e. The van der Waals surface area contributed by atoms with Gasteiger partial charge in [0.25, 0.3) is 0 Å². The summed E-state index contributed by atoms with van der Waals surface area (Å²) in [6, 6.07) is 2.64. The molecular formula is C14H14ClF3N2O2. The zero-order valence-corrected chi connectivity index (χ0v) is 12.3. The number of nitrogens with zero attached hydrogens (tertiary/aromatic N) is 1. The van der Waals surface area contributed by atoms with E-state index in [2.05, 4.69) is 5.32 Å². The van der Waals surface area contributed by atoms with Gasteiger partial charge in [-0.3, -0.25) is 9.59 Å². The number of likely N-dealkylation sites (tertiary alicyclic amines) is 1. The van der Waals surface area contributed by atoms with E-state index in [0.29, 0.717) is 13.1 Å². The van der Waals surface area contributed by atoms with Crippen LogP contribution in [0.1, 0.15) is 24.8 Å². The third kappa shape index (κ3) is 4.13. The molecule has 0 saturated carbocycles. The van der Waals surface area contributed by atoms with Crippen LogP contribution in [-0.2, 0) is 15.8 Å². The molecule has 1 aromatic rings. The van der Waals surface area contributed by atoms with Gasteiger partial charge in [-0.2, -0.15) is 13.2 Å². The quantitative estimate of drug-likeness (QED) is 0.862. The van der Waals surface area contributed by atoms with Gasteiger partial charge in [-0.05, 0) is 31.0 Å². The van der Waals surface area contributed by atoms with Crippen molar-refractivity contribution in [3.05, 3.63) is 28.8 Å². The lowest BCUT2D eigenvalue weighted by Gasteiger charge is -2.15. The van der Waals surface area contributed by atoms with Crippen LogP contribution >= 0.6 is 11.6 Å². The van der Waals surface area contributed by atoms with Crippen molar-refractivity contribution in [1.29, 1.82) is 0 Å². The zero-order valence-electron chi connectivity index (χ0n) is 11.5. The molecule has 0 atom stereocenters. The van der Waals surface area contributed by atoms with Gasteiger partial charge >= 0.3 is 6.18 Å². The Kier molecular flexibility index (Phi) is 4.95. The van der Waals surface area contributed by atoms with Gasteiger partial charge < -0.3 is 10.2 Å². The first kappa shape index (κ1) is 16.6. The van der Waals surface area contributed by atoms with E-state index in [0.717, 1.165) is 31.0 Å². The number of hydrogen-bond donors (Lipinski definition) is 1. The van der Waals surface area contributed by atoms with Gasteiger partial charge in [0.15, 0.2) is 0 Å². The Morgan fingerprint density at radius 3 is 2.45 bits per heavy atom. The highest BCUT2D eigenvalue weighted by molar-refractivity contribution is 6.33. The molecule has 1 aromatic carbocycles. The van der Waals surface area contributed by atoms with Crippen molar-refractivity contribution in [3.63, 3.8) is 0 Å². The Hall–Kier alpha value is -1.76. The predicted molar refractivity (Wildman–Crippen MR) is 75.5 cm³/mol. The molecule has 0 spiro atoms. The van der Waals surface area contributed by atoms with Crippen LogP contribution in [0, 0.1) is 0 Å². The summed E-state index contributed by atoms with van der Waals surface area (Å²) in [6.45, 7) is 1.22. The molecule has 8 heteroatoms. The number of anilines is 1. The number of nitrogens with one attached hydrogen (secondary N) is 1. The molecule has 2 amide bonds. The summed E-state index contributed by atoms with van der Waals surface area (Å²) in [4.78, 5) is 25.2. The first-order chi connectivity index (χ1) is 10.3. The first-order valence-corrected chi connectivity index (χ1v) is 7.09. The second kappa shape index (κ2) is 6.56. The van der Waals surface area contributed by atoms with E-state index < -0.39 is 24.1 Å². The number of amides is 2. The van der Waals surface area contributed by atoms with E-state index in [1.807, 2.05) is 0 Å². The normalized spacial score (nSPS) is 15.0. The van der Waals surface area contributed by atoms with Crippen molar-refractivity contribution in [3.8, 4) is 0 Å². The minimum Gasteiger partial charge on any atom is -0.342 e. The highest BCUT2D eigenvalue weighted by atomic mass is 35.5. The highest BCUT2D eigenvalue weighted by Gasteiger charge is 2.31. The maximum absolute atomic E-state index is 12.6. The Bertz CT molecular complexity index is 584. The first-order valence-electron chi connectivity index (χ1n) is 6.72. The lowest BCUT2D eigenvalue weighted by molar-refractivity contribution is -0.138. The number of benzene rings is 1. The van der Waals surface area contributed by atoms with Gasteiger partial charge in [-0.1, -0.05) is 11.6 Å². The van der Waals surface area contributed by atoms with Gasteiger partial charge in [-0.25, -0.2) is 0 Å². The van der Waals surface area contributed by atoms with E-state index in [4.69, 9.17) is 11.6 Å². The van der Waals surface area contributed by atoms with Gasteiger partial charge in [-0.15, -0.1) is 0 Å². The summed E-state index contributed by atoms with van der Waals surface area (Å²) in [5, 5.41) is 2.24. The monoisotopic (exact) mass is 334 g/mol. The summed E-state index contributed by atoms with van der Waals surface area (Å²) >= 11 is 5.78. The maximum atomic E-state index is 12.6. The van der Waals surface area contributed by atoms with E-state index in [1.165, 1.54) is 0 Å². The van der Waals surface area contributed by atoms with Gasteiger partial charge in [0.2, 0.25) is 11.8 Å². The SMILES string of the molecule is O=C(CC(=O)N1CCCC1)Nc1cc(C(F)(F)F)ccc1Cl. The van der Waals surface area contributed by atoms with E-state index in [1.54, 1.807) is 4.90 Å². The molecule has 1 fully saturated rings. The van der Waals surface area contributed by atoms with Gasteiger partial charge in [0, 0.05) is 13.1 Å². The molecule has 0 radical (unpaired) electrons.